The second-order valence-corrected chi connectivity index (χ2v) is 8.72. The highest BCUT2D eigenvalue weighted by atomic mass is 16.5. The van der Waals surface area contributed by atoms with Crippen LogP contribution in [0.3, 0.4) is 0 Å². The molecule has 2 fully saturated rings. The van der Waals surface area contributed by atoms with E-state index in [0.29, 0.717) is 47.8 Å². The molecule has 0 saturated heterocycles. The van der Waals surface area contributed by atoms with Crippen molar-refractivity contribution in [3.8, 4) is 0 Å². The molecule has 2 aliphatic rings. The van der Waals surface area contributed by atoms with Gasteiger partial charge in [-0.2, -0.15) is 9.61 Å². The van der Waals surface area contributed by atoms with Crippen LogP contribution in [0.4, 0.5) is 17.3 Å². The molecule has 33 heavy (non-hydrogen) atoms. The summed E-state index contributed by atoms with van der Waals surface area (Å²) in [4.78, 5) is 30.4. The van der Waals surface area contributed by atoms with Gasteiger partial charge in [0.2, 0.25) is 0 Å². The number of carbonyl (C=O) groups is 1. The lowest BCUT2D eigenvalue weighted by atomic mass is 9.78. The highest BCUT2D eigenvalue weighted by molar-refractivity contribution is 6.01. The zero-order valence-corrected chi connectivity index (χ0v) is 18.5. The Hall–Kier alpha value is -3.24. The van der Waals surface area contributed by atoms with Gasteiger partial charge in [-0.25, -0.2) is 4.98 Å². The van der Waals surface area contributed by atoms with Gasteiger partial charge < -0.3 is 25.0 Å². The number of pyridine rings is 1. The first-order chi connectivity index (χ1) is 16.0. The fourth-order valence-electron chi connectivity index (χ4n) is 4.04. The molecule has 0 bridgehead atoms. The Morgan fingerprint density at radius 2 is 2.15 bits per heavy atom. The van der Waals surface area contributed by atoms with Crippen LogP contribution in [0.15, 0.2) is 35.4 Å². The maximum absolute atomic E-state index is 12.9. The molecule has 174 valence electrons. The monoisotopic (exact) mass is 452 g/mol. The van der Waals surface area contributed by atoms with E-state index in [1.807, 2.05) is 0 Å². The third-order valence-electron chi connectivity index (χ3n) is 6.35. The lowest BCUT2D eigenvalue weighted by Gasteiger charge is -2.31. The zero-order valence-electron chi connectivity index (χ0n) is 18.5. The second-order valence-electron chi connectivity index (χ2n) is 8.72. The summed E-state index contributed by atoms with van der Waals surface area (Å²) in [5.41, 5.74) is 1.01. The minimum Gasteiger partial charge on any atom is -0.393 e. The summed E-state index contributed by atoms with van der Waals surface area (Å²) in [6, 6.07) is 5.24. The van der Waals surface area contributed by atoms with Gasteiger partial charge in [-0.3, -0.25) is 9.59 Å². The summed E-state index contributed by atoms with van der Waals surface area (Å²) < 4.78 is 8.84. The van der Waals surface area contributed by atoms with Gasteiger partial charge in [0.25, 0.3) is 5.56 Å². The number of rotatable bonds is 10. The summed E-state index contributed by atoms with van der Waals surface area (Å²) in [6.45, 7) is 0.979. The topological polar surface area (TPSA) is 123 Å². The van der Waals surface area contributed by atoms with Crippen LogP contribution < -0.4 is 16.2 Å². The molecule has 3 heterocycles. The minimum absolute atomic E-state index is 0.00999. The fourth-order valence-corrected chi connectivity index (χ4v) is 4.04. The van der Waals surface area contributed by atoms with Crippen molar-refractivity contribution in [2.45, 2.75) is 50.9 Å². The zero-order chi connectivity index (χ0) is 22.9. The lowest BCUT2D eigenvalue weighted by molar-refractivity contribution is 0.0199. The van der Waals surface area contributed by atoms with Crippen LogP contribution in [-0.4, -0.2) is 55.9 Å². The van der Waals surface area contributed by atoms with Crippen molar-refractivity contribution in [1.29, 1.82) is 0 Å². The first kappa shape index (κ1) is 21.6. The lowest BCUT2D eigenvalue weighted by Crippen LogP contribution is -2.32. The molecule has 10 heteroatoms. The predicted octanol–water partition coefficient (Wildman–Crippen LogP) is 2.20. The average molecular weight is 453 g/mol. The standard InChI is InChI=1S/C23H28N6O4/c1-24-21-12-20(26-17-3-2-8-28(23(17)32)9-10-33-15-5-6-15)27-22-16(13-25-29(21)22)19(31)11-14-4-7-18(14)30/h2-3,8,12-15,18,24,30H,4-7,9-11H2,1H3,(H,26,27)/t14-,18+/m0/s1. The number of carbonyl (C=O) groups excluding carboxylic acids is 1. The molecule has 3 aromatic heterocycles. The number of hydrogen-bond donors (Lipinski definition) is 3. The van der Waals surface area contributed by atoms with Crippen LogP contribution in [0.1, 0.15) is 42.5 Å². The smallest absolute Gasteiger partial charge is 0.274 e. The maximum Gasteiger partial charge on any atom is 0.274 e. The Morgan fingerprint density at radius 1 is 1.30 bits per heavy atom. The number of aromatic nitrogens is 4. The third kappa shape index (κ3) is 4.49. The first-order valence-corrected chi connectivity index (χ1v) is 11.4. The van der Waals surface area contributed by atoms with E-state index in [2.05, 4.69) is 20.7 Å². The Kier molecular flexibility index (Phi) is 5.86. The normalized spacial score (nSPS) is 19.9. The molecule has 0 aromatic carbocycles. The van der Waals surface area contributed by atoms with Crippen LogP contribution in [-0.2, 0) is 11.3 Å². The van der Waals surface area contributed by atoms with Crippen LogP contribution in [0, 0.1) is 5.92 Å². The number of ether oxygens (including phenoxy) is 1. The van der Waals surface area contributed by atoms with Crippen molar-refractivity contribution >= 4 is 28.8 Å². The van der Waals surface area contributed by atoms with Gasteiger partial charge in [-0.1, -0.05) is 0 Å². The number of Topliss-reactive ketones (excluding diaryl/α,β-unsaturated/α-hetero) is 1. The quantitative estimate of drug-likeness (QED) is 0.400. The van der Waals surface area contributed by atoms with E-state index in [-0.39, 0.29) is 23.7 Å². The summed E-state index contributed by atoms with van der Waals surface area (Å²) in [7, 11) is 1.75. The molecule has 2 atom stereocenters. The maximum atomic E-state index is 12.9. The van der Waals surface area contributed by atoms with Crippen LogP contribution in [0.25, 0.3) is 5.65 Å². The molecule has 2 saturated carbocycles. The highest BCUT2D eigenvalue weighted by Crippen LogP contribution is 2.32. The fraction of sp³-hybridized carbons (Fsp3) is 0.478. The summed E-state index contributed by atoms with van der Waals surface area (Å²) in [6.07, 6.45) is 7.23. The van der Waals surface area contributed by atoms with E-state index in [4.69, 9.17) is 4.74 Å². The number of nitrogens with zero attached hydrogens (tertiary/aromatic N) is 4. The van der Waals surface area contributed by atoms with E-state index in [9.17, 15) is 14.7 Å². The molecule has 0 aliphatic heterocycles. The number of hydrogen-bond acceptors (Lipinski definition) is 8. The molecule has 0 unspecified atom stereocenters. The van der Waals surface area contributed by atoms with Gasteiger partial charge in [0.15, 0.2) is 11.4 Å². The Bertz CT molecular complexity index is 1230. The van der Waals surface area contributed by atoms with Crippen molar-refractivity contribution < 1.29 is 14.6 Å². The predicted molar refractivity (Wildman–Crippen MR) is 123 cm³/mol. The van der Waals surface area contributed by atoms with Gasteiger partial charge in [0, 0.05) is 32.3 Å². The van der Waals surface area contributed by atoms with E-state index in [1.165, 1.54) is 6.20 Å². The molecule has 0 amide bonds. The number of anilines is 3. The largest absolute Gasteiger partial charge is 0.393 e. The van der Waals surface area contributed by atoms with Crippen LogP contribution in [0.5, 0.6) is 0 Å². The molecule has 3 N–H and O–H groups in total. The molecular formula is C23H28N6O4. The Balaban J connectivity index is 1.40. The molecular weight excluding hydrogens is 424 g/mol. The van der Waals surface area contributed by atoms with Gasteiger partial charge in [-0.05, 0) is 43.7 Å². The third-order valence-corrected chi connectivity index (χ3v) is 6.35. The Labute approximate surface area is 190 Å². The molecule has 0 spiro atoms. The SMILES string of the molecule is CNc1cc(Nc2cccn(CCOC3CC3)c2=O)nc2c(C(=O)C[C@@H]3CC[C@H]3O)cnn12. The number of ketones is 1. The summed E-state index contributed by atoms with van der Waals surface area (Å²) >= 11 is 0. The van der Waals surface area contributed by atoms with E-state index in [1.54, 1.807) is 40.5 Å². The van der Waals surface area contributed by atoms with E-state index >= 15 is 0 Å². The highest BCUT2D eigenvalue weighted by Gasteiger charge is 2.32. The Morgan fingerprint density at radius 3 is 2.85 bits per heavy atom. The van der Waals surface area contributed by atoms with Crippen LogP contribution in [0.2, 0.25) is 0 Å². The molecule has 10 nitrogen and oxygen atoms in total. The second kappa shape index (κ2) is 8.95. The number of nitrogens with one attached hydrogen (secondary N) is 2. The van der Waals surface area contributed by atoms with Crippen molar-refractivity contribution in [2.75, 3.05) is 24.3 Å². The number of fused-ring (bicyclic) bond motifs is 1. The van der Waals surface area contributed by atoms with Crippen molar-refractivity contribution in [3.05, 3.63) is 46.5 Å². The molecule has 2 aliphatic carbocycles. The van der Waals surface area contributed by atoms with Crippen molar-refractivity contribution in [2.24, 2.45) is 5.92 Å². The summed E-state index contributed by atoms with van der Waals surface area (Å²) in [5, 5.41) is 20.3. The van der Waals surface area contributed by atoms with E-state index in [0.717, 1.165) is 25.7 Å². The van der Waals surface area contributed by atoms with Crippen LogP contribution >= 0.6 is 0 Å². The number of aliphatic hydroxyl groups excluding tert-OH is 1. The number of aliphatic hydroxyl groups is 1. The van der Waals surface area contributed by atoms with Crippen molar-refractivity contribution in [1.82, 2.24) is 19.2 Å². The van der Waals surface area contributed by atoms with Crippen molar-refractivity contribution in [3.63, 3.8) is 0 Å². The van der Waals surface area contributed by atoms with Gasteiger partial charge in [0.05, 0.1) is 30.6 Å². The molecule has 3 aromatic rings. The first-order valence-electron chi connectivity index (χ1n) is 11.4. The minimum atomic E-state index is -0.413. The molecule has 5 rings (SSSR count). The summed E-state index contributed by atoms with van der Waals surface area (Å²) in [5.74, 6) is 0.941. The van der Waals surface area contributed by atoms with Gasteiger partial charge in [-0.15, -0.1) is 0 Å². The van der Waals surface area contributed by atoms with Gasteiger partial charge in [0.1, 0.15) is 17.3 Å². The van der Waals surface area contributed by atoms with E-state index < -0.39 is 6.10 Å². The van der Waals surface area contributed by atoms with Gasteiger partial charge >= 0.3 is 0 Å². The average Bonchev–Trinajstić information content (AvgIpc) is 3.54. The molecule has 0 radical (unpaired) electrons.